The van der Waals surface area contributed by atoms with Crippen molar-refractivity contribution in [3.63, 3.8) is 0 Å². The summed E-state index contributed by atoms with van der Waals surface area (Å²) in [4.78, 5) is 34.3. The van der Waals surface area contributed by atoms with Gasteiger partial charge in [0.25, 0.3) is 5.91 Å². The second kappa shape index (κ2) is 14.7. The summed E-state index contributed by atoms with van der Waals surface area (Å²) >= 11 is 1.32. The predicted octanol–water partition coefficient (Wildman–Crippen LogP) is 5.58. The van der Waals surface area contributed by atoms with Crippen molar-refractivity contribution in [1.82, 2.24) is 20.1 Å². The molecular formula is C32H38F3N7O2S. The SMILES string of the molecule is Cc1ccc(C(=O)NC2=C/CC(C(F)(F)F)=C=C/C(N(C)CCN(C)C)=C\2)cc1N(N)/C=C/c1cnc(NC(=O)C2CCC2)s1. The zero-order chi connectivity index (χ0) is 32.7. The molecule has 0 bridgehead atoms. The molecule has 9 nitrogen and oxygen atoms in total. The molecule has 13 heteroatoms. The number of halogens is 3. The van der Waals surface area contributed by atoms with Gasteiger partial charge in [-0.1, -0.05) is 29.9 Å². The fourth-order valence-corrected chi connectivity index (χ4v) is 5.16. The first-order valence-corrected chi connectivity index (χ1v) is 15.3. The first kappa shape index (κ1) is 33.7. The molecule has 0 spiro atoms. The number of anilines is 2. The van der Waals surface area contributed by atoms with Gasteiger partial charge in [-0.15, -0.1) is 5.73 Å². The molecule has 1 aromatic carbocycles. The minimum absolute atomic E-state index is 0.00995. The lowest BCUT2D eigenvalue weighted by molar-refractivity contribution is -0.122. The number of hydrogen-bond donors (Lipinski definition) is 3. The smallest absolute Gasteiger partial charge is 0.373 e. The molecule has 4 rings (SSSR count). The molecule has 1 fully saturated rings. The lowest BCUT2D eigenvalue weighted by Crippen LogP contribution is -2.29. The number of hydrogen-bond acceptors (Lipinski definition) is 8. The Balaban J connectivity index is 1.48. The molecule has 2 aromatic rings. The molecule has 0 saturated heterocycles. The Kier molecular flexibility index (Phi) is 11.1. The molecule has 1 aromatic heterocycles. The van der Waals surface area contributed by atoms with Crippen molar-refractivity contribution in [1.29, 1.82) is 0 Å². The highest BCUT2D eigenvalue weighted by molar-refractivity contribution is 7.16. The Morgan fingerprint density at radius 3 is 2.60 bits per heavy atom. The Labute approximate surface area is 265 Å². The van der Waals surface area contributed by atoms with Gasteiger partial charge in [-0.3, -0.25) is 14.6 Å². The summed E-state index contributed by atoms with van der Waals surface area (Å²) in [5.74, 6) is 5.87. The Hall–Kier alpha value is -4.16. The summed E-state index contributed by atoms with van der Waals surface area (Å²) in [5, 5.41) is 7.50. The lowest BCUT2D eigenvalue weighted by atomic mass is 9.85. The summed E-state index contributed by atoms with van der Waals surface area (Å²) in [7, 11) is 5.59. The van der Waals surface area contributed by atoms with Crippen molar-refractivity contribution in [3.8, 4) is 0 Å². The van der Waals surface area contributed by atoms with Crippen molar-refractivity contribution in [3.05, 3.63) is 87.5 Å². The summed E-state index contributed by atoms with van der Waals surface area (Å²) in [6.45, 7) is 3.08. The van der Waals surface area contributed by atoms with Crippen LogP contribution >= 0.6 is 11.3 Å². The van der Waals surface area contributed by atoms with Crippen molar-refractivity contribution < 1.29 is 22.8 Å². The van der Waals surface area contributed by atoms with Crippen LogP contribution in [0.15, 0.2) is 71.5 Å². The minimum atomic E-state index is -4.55. The summed E-state index contributed by atoms with van der Waals surface area (Å²) in [6, 6.07) is 4.99. The maximum absolute atomic E-state index is 13.6. The van der Waals surface area contributed by atoms with Crippen molar-refractivity contribution in [2.75, 3.05) is 44.6 Å². The van der Waals surface area contributed by atoms with Crippen LogP contribution in [0.5, 0.6) is 0 Å². The van der Waals surface area contributed by atoms with E-state index in [-0.39, 0.29) is 23.1 Å². The standard InChI is InChI=1S/C32H38F3N7O2S/c1-21-8-9-23(18-28(21)42(36)15-14-27-20-37-31(45-27)39-29(43)22-6-5-7-22)30(44)38-25-12-10-24(32(33,34)35)11-13-26(19-25)41(4)17-16-40(2)3/h8-9,12-15,18-20,22H,5-7,10,16-17,36H2,1-4H3,(H,38,44)(H,37,39,43)/b15-14+,25-12+,26-19+. The highest BCUT2D eigenvalue weighted by atomic mass is 32.1. The van der Waals surface area contributed by atoms with Gasteiger partial charge in [0, 0.05) is 67.9 Å². The number of benzene rings is 1. The van der Waals surface area contributed by atoms with Crippen molar-refractivity contribution in [2.24, 2.45) is 11.8 Å². The van der Waals surface area contributed by atoms with E-state index in [1.807, 2.05) is 30.8 Å². The number of aryl methyl sites for hydroxylation is 1. The molecule has 0 unspecified atom stereocenters. The quantitative estimate of drug-likeness (QED) is 0.167. The Bertz CT molecular complexity index is 1560. The monoisotopic (exact) mass is 641 g/mol. The Morgan fingerprint density at radius 1 is 1.18 bits per heavy atom. The first-order valence-electron chi connectivity index (χ1n) is 14.5. The molecule has 2 aliphatic carbocycles. The maximum atomic E-state index is 13.6. The average Bonchev–Trinajstić information content (AvgIpc) is 3.37. The molecular weight excluding hydrogens is 603 g/mol. The molecule has 1 saturated carbocycles. The van der Waals surface area contributed by atoms with Gasteiger partial charge >= 0.3 is 6.18 Å². The van der Waals surface area contributed by atoms with Gasteiger partial charge in [-0.05, 0) is 63.7 Å². The fraction of sp³-hybridized carbons (Fsp3) is 0.375. The minimum Gasteiger partial charge on any atom is -0.373 e. The van der Waals surface area contributed by atoms with Gasteiger partial charge in [0.15, 0.2) is 5.13 Å². The largest absolute Gasteiger partial charge is 0.420 e. The van der Waals surface area contributed by atoms with Crippen LogP contribution in [0.2, 0.25) is 0 Å². The van der Waals surface area contributed by atoms with Gasteiger partial charge in [0.2, 0.25) is 5.91 Å². The van der Waals surface area contributed by atoms with E-state index in [0.717, 1.165) is 29.7 Å². The molecule has 4 N–H and O–H groups in total. The zero-order valence-electron chi connectivity index (χ0n) is 25.7. The number of carbonyl (C=O) groups excluding carboxylic acids is 2. The van der Waals surface area contributed by atoms with E-state index in [1.54, 1.807) is 49.8 Å². The number of nitrogens with one attached hydrogen (secondary N) is 2. The van der Waals surface area contributed by atoms with Gasteiger partial charge in [0.05, 0.1) is 16.1 Å². The highest BCUT2D eigenvalue weighted by Gasteiger charge is 2.33. The summed E-state index contributed by atoms with van der Waals surface area (Å²) in [6.07, 6.45) is 7.18. The number of thiazole rings is 1. The number of rotatable bonds is 11. The van der Waals surface area contributed by atoms with Gasteiger partial charge in [0.1, 0.15) is 0 Å². The Morgan fingerprint density at radius 2 is 1.93 bits per heavy atom. The first-order chi connectivity index (χ1) is 21.3. The van der Waals surface area contributed by atoms with Crippen molar-refractivity contribution >= 4 is 40.0 Å². The second-order valence-electron chi connectivity index (χ2n) is 11.3. The van der Waals surface area contributed by atoms with E-state index >= 15 is 0 Å². The molecule has 0 radical (unpaired) electrons. The van der Waals surface area contributed by atoms with Gasteiger partial charge < -0.3 is 20.4 Å². The topological polar surface area (TPSA) is 107 Å². The summed E-state index contributed by atoms with van der Waals surface area (Å²) < 4.78 is 40.8. The van der Waals surface area contributed by atoms with E-state index in [9.17, 15) is 22.8 Å². The van der Waals surface area contributed by atoms with Crippen LogP contribution in [0.1, 0.15) is 46.5 Å². The molecule has 1 heterocycles. The van der Waals surface area contributed by atoms with Crippen molar-refractivity contribution in [2.45, 2.75) is 38.8 Å². The fourth-order valence-electron chi connectivity index (χ4n) is 4.44. The van der Waals surface area contributed by atoms with E-state index in [4.69, 9.17) is 5.84 Å². The molecule has 0 aliphatic heterocycles. The van der Waals surface area contributed by atoms with Crippen LogP contribution < -0.4 is 21.5 Å². The highest BCUT2D eigenvalue weighted by Crippen LogP contribution is 2.30. The average molecular weight is 642 g/mol. The van der Waals surface area contributed by atoms with Gasteiger partial charge in [-0.2, -0.15) is 13.2 Å². The number of alkyl halides is 3. The molecule has 240 valence electrons. The van der Waals surface area contributed by atoms with Gasteiger partial charge in [-0.25, -0.2) is 10.8 Å². The number of nitrogens with zero attached hydrogens (tertiary/aromatic N) is 4. The lowest BCUT2D eigenvalue weighted by Gasteiger charge is -2.23. The van der Waals surface area contributed by atoms with Crippen LogP contribution in [0, 0.1) is 12.8 Å². The molecule has 2 aliphatic rings. The van der Waals surface area contributed by atoms with Crippen LogP contribution in [0.3, 0.4) is 0 Å². The molecule has 2 amide bonds. The number of allylic oxidation sites excluding steroid dienone is 3. The summed E-state index contributed by atoms with van der Waals surface area (Å²) in [5.41, 5.74) is 3.90. The number of hydrazine groups is 1. The van der Waals surface area contributed by atoms with E-state index in [0.29, 0.717) is 29.6 Å². The number of aromatic nitrogens is 1. The second-order valence-corrected chi connectivity index (χ2v) is 12.3. The molecule has 0 atom stereocenters. The van der Waals surface area contributed by atoms with Crippen LogP contribution in [-0.4, -0.2) is 67.0 Å². The van der Waals surface area contributed by atoms with E-state index in [1.165, 1.54) is 28.5 Å². The number of nitrogens with two attached hydrogens (primary N) is 1. The normalized spacial score (nSPS) is 17.8. The number of carbonyl (C=O) groups is 2. The number of likely N-dealkylation sites (N-methyl/N-ethyl adjacent to an activating group) is 2. The van der Waals surface area contributed by atoms with Crippen LogP contribution in [0.4, 0.5) is 24.0 Å². The predicted molar refractivity (Wildman–Crippen MR) is 172 cm³/mol. The molecule has 45 heavy (non-hydrogen) atoms. The third kappa shape index (κ3) is 9.41. The van der Waals surface area contributed by atoms with Crippen LogP contribution in [-0.2, 0) is 4.79 Å². The van der Waals surface area contributed by atoms with E-state index in [2.05, 4.69) is 21.3 Å². The third-order valence-corrected chi connectivity index (χ3v) is 8.40. The maximum Gasteiger partial charge on any atom is 0.420 e. The zero-order valence-corrected chi connectivity index (χ0v) is 26.6. The third-order valence-electron chi connectivity index (χ3n) is 7.53. The van der Waals surface area contributed by atoms with E-state index < -0.39 is 24.1 Å². The van der Waals surface area contributed by atoms with Crippen LogP contribution in [0.25, 0.3) is 6.08 Å². The number of amides is 2.